The molecule has 0 aliphatic heterocycles. The highest BCUT2D eigenvalue weighted by Gasteiger charge is 2.34. The zero-order valence-corrected chi connectivity index (χ0v) is 25.8. The molecule has 0 aliphatic rings. The molecule has 1 unspecified atom stereocenters. The predicted molar refractivity (Wildman–Crippen MR) is 168 cm³/mol. The molecule has 1 atom stereocenters. The molecule has 0 radical (unpaired) electrons. The molecule has 0 bridgehead atoms. The fourth-order valence-corrected chi connectivity index (χ4v) is 6.16. The second-order valence-corrected chi connectivity index (χ2v) is 12.1. The normalized spacial score (nSPS) is 11.8. The Balaban J connectivity index is 1.76. The highest BCUT2D eigenvalue weighted by atomic mass is 32.2. The Morgan fingerprint density at radius 3 is 2.09 bits per heavy atom. The van der Waals surface area contributed by atoms with Crippen LogP contribution in [0.5, 0.6) is 5.75 Å². The minimum Gasteiger partial charge on any atom is -0.494 e. The SMILES string of the molecule is CCOc1ccc(S(=O)(=O)N(CC(=O)N(Cc2ccc(F)cc2)C(Cc2ccccc2)C(=O)NC)c2ccc(C)cc2)cc1. The van der Waals surface area contributed by atoms with Crippen LogP contribution in [0.2, 0.25) is 0 Å². The van der Waals surface area contributed by atoms with E-state index in [9.17, 15) is 22.4 Å². The second-order valence-electron chi connectivity index (χ2n) is 10.2. The Kier molecular flexibility index (Phi) is 10.7. The first-order chi connectivity index (χ1) is 21.1. The predicted octanol–water partition coefficient (Wildman–Crippen LogP) is 5.11. The summed E-state index contributed by atoms with van der Waals surface area (Å²) in [7, 11) is -2.75. The maximum absolute atomic E-state index is 14.3. The van der Waals surface area contributed by atoms with Crippen molar-refractivity contribution in [1.29, 1.82) is 0 Å². The Bertz CT molecular complexity index is 1650. The summed E-state index contributed by atoms with van der Waals surface area (Å²) < 4.78 is 48.4. The van der Waals surface area contributed by atoms with Gasteiger partial charge in [0.1, 0.15) is 24.2 Å². The van der Waals surface area contributed by atoms with E-state index in [4.69, 9.17) is 4.74 Å². The smallest absolute Gasteiger partial charge is 0.264 e. The number of nitrogens with one attached hydrogen (secondary N) is 1. The lowest BCUT2D eigenvalue weighted by Gasteiger charge is -2.33. The molecule has 0 aromatic heterocycles. The summed E-state index contributed by atoms with van der Waals surface area (Å²) >= 11 is 0. The lowest BCUT2D eigenvalue weighted by molar-refractivity contribution is -0.139. The zero-order valence-electron chi connectivity index (χ0n) is 24.9. The number of benzene rings is 4. The van der Waals surface area contributed by atoms with Gasteiger partial charge in [0.2, 0.25) is 11.8 Å². The van der Waals surface area contributed by atoms with E-state index in [1.165, 1.54) is 48.3 Å². The number of nitrogens with zero attached hydrogens (tertiary/aromatic N) is 2. The average molecular weight is 618 g/mol. The number of hydrogen-bond acceptors (Lipinski definition) is 5. The van der Waals surface area contributed by atoms with Crippen molar-refractivity contribution in [2.24, 2.45) is 0 Å². The number of likely N-dealkylation sites (N-methyl/N-ethyl adjacent to an activating group) is 1. The maximum Gasteiger partial charge on any atom is 0.264 e. The second kappa shape index (κ2) is 14.7. The number of ether oxygens (including phenoxy) is 1. The van der Waals surface area contributed by atoms with Crippen LogP contribution in [-0.2, 0) is 32.6 Å². The minimum absolute atomic E-state index is 0.0217. The molecule has 10 heteroatoms. The van der Waals surface area contributed by atoms with Crippen LogP contribution in [0.1, 0.15) is 23.6 Å². The van der Waals surface area contributed by atoms with Crippen molar-refractivity contribution in [3.05, 3.63) is 126 Å². The fourth-order valence-electron chi connectivity index (χ4n) is 4.75. The molecule has 0 aliphatic carbocycles. The van der Waals surface area contributed by atoms with Gasteiger partial charge in [-0.15, -0.1) is 0 Å². The van der Waals surface area contributed by atoms with Gasteiger partial charge in [0.25, 0.3) is 10.0 Å². The van der Waals surface area contributed by atoms with E-state index in [2.05, 4.69) is 5.32 Å². The molecule has 0 saturated carbocycles. The summed E-state index contributed by atoms with van der Waals surface area (Å²) in [6.07, 6.45) is 0.184. The van der Waals surface area contributed by atoms with Gasteiger partial charge >= 0.3 is 0 Å². The zero-order chi connectivity index (χ0) is 31.7. The molecule has 0 spiro atoms. The van der Waals surface area contributed by atoms with Crippen LogP contribution >= 0.6 is 0 Å². The molecule has 1 N–H and O–H groups in total. The van der Waals surface area contributed by atoms with Crippen molar-refractivity contribution >= 4 is 27.5 Å². The summed E-state index contributed by atoms with van der Waals surface area (Å²) in [4.78, 5) is 28.9. The van der Waals surface area contributed by atoms with Gasteiger partial charge in [0.15, 0.2) is 0 Å². The van der Waals surface area contributed by atoms with Crippen molar-refractivity contribution in [3.8, 4) is 5.75 Å². The summed E-state index contributed by atoms with van der Waals surface area (Å²) in [6, 6.07) is 26.7. The fraction of sp³-hybridized carbons (Fsp3) is 0.235. The van der Waals surface area contributed by atoms with Crippen LogP contribution in [0, 0.1) is 12.7 Å². The first kappa shape index (κ1) is 32.2. The number of carbonyl (C=O) groups is 2. The molecule has 2 amide bonds. The molecule has 8 nitrogen and oxygen atoms in total. The molecule has 0 heterocycles. The van der Waals surface area contributed by atoms with Crippen LogP contribution in [0.3, 0.4) is 0 Å². The van der Waals surface area contributed by atoms with Gasteiger partial charge in [0, 0.05) is 20.0 Å². The van der Waals surface area contributed by atoms with Crippen LogP contribution in [-0.4, -0.2) is 51.4 Å². The van der Waals surface area contributed by atoms with E-state index in [-0.39, 0.29) is 17.9 Å². The number of anilines is 1. The number of rotatable bonds is 13. The van der Waals surface area contributed by atoms with Crippen LogP contribution < -0.4 is 14.4 Å². The first-order valence-electron chi connectivity index (χ1n) is 14.2. The minimum atomic E-state index is -4.24. The molecule has 230 valence electrons. The van der Waals surface area contributed by atoms with E-state index in [0.717, 1.165) is 15.4 Å². The number of carbonyl (C=O) groups excluding carboxylic acids is 2. The first-order valence-corrected chi connectivity index (χ1v) is 15.7. The van der Waals surface area contributed by atoms with E-state index < -0.39 is 40.2 Å². The monoisotopic (exact) mass is 617 g/mol. The van der Waals surface area contributed by atoms with Gasteiger partial charge in [-0.3, -0.25) is 13.9 Å². The number of aryl methyl sites for hydroxylation is 1. The van der Waals surface area contributed by atoms with Crippen LogP contribution in [0.4, 0.5) is 10.1 Å². The number of amides is 2. The Morgan fingerprint density at radius 2 is 1.50 bits per heavy atom. The van der Waals surface area contributed by atoms with Crippen molar-refractivity contribution in [3.63, 3.8) is 0 Å². The number of hydrogen-bond donors (Lipinski definition) is 1. The largest absolute Gasteiger partial charge is 0.494 e. The molecule has 4 aromatic rings. The van der Waals surface area contributed by atoms with E-state index >= 15 is 0 Å². The third kappa shape index (κ3) is 8.02. The van der Waals surface area contributed by atoms with Gasteiger partial charge in [-0.2, -0.15) is 0 Å². The highest BCUT2D eigenvalue weighted by molar-refractivity contribution is 7.92. The Labute approximate surface area is 258 Å². The van der Waals surface area contributed by atoms with Crippen molar-refractivity contribution < 1.29 is 27.1 Å². The standard InChI is InChI=1S/C34H36FN3O5S/c1-4-43-30-18-20-31(21-19-30)44(41,42)38(29-16-10-25(2)11-17-29)24-33(39)37(23-27-12-14-28(35)15-13-27)32(34(40)36-3)22-26-8-6-5-7-9-26/h5-21,32H,4,22-24H2,1-3H3,(H,36,40). The van der Waals surface area contributed by atoms with Crippen LogP contribution in [0.25, 0.3) is 0 Å². The van der Waals surface area contributed by atoms with Gasteiger partial charge in [0.05, 0.1) is 17.2 Å². The summed E-state index contributed by atoms with van der Waals surface area (Å²) in [6.45, 7) is 3.51. The molecule has 44 heavy (non-hydrogen) atoms. The average Bonchev–Trinajstić information content (AvgIpc) is 3.03. The molecular formula is C34H36FN3O5S. The summed E-state index contributed by atoms with van der Waals surface area (Å²) in [5.41, 5.74) is 2.60. The van der Waals surface area contributed by atoms with Crippen LogP contribution in [0.15, 0.2) is 108 Å². The summed E-state index contributed by atoms with van der Waals surface area (Å²) in [5.74, 6) is -0.940. The van der Waals surface area contributed by atoms with Gasteiger partial charge in [-0.05, 0) is 73.5 Å². The third-order valence-electron chi connectivity index (χ3n) is 7.11. The van der Waals surface area contributed by atoms with Gasteiger partial charge in [-0.25, -0.2) is 12.8 Å². The number of sulfonamides is 1. The lowest BCUT2D eigenvalue weighted by atomic mass is 10.0. The quantitative estimate of drug-likeness (QED) is 0.225. The van der Waals surface area contributed by atoms with Crippen molar-refractivity contribution in [2.75, 3.05) is 24.5 Å². The molecular weight excluding hydrogens is 581 g/mol. The van der Waals surface area contributed by atoms with Gasteiger partial charge < -0.3 is 15.0 Å². The Hall–Kier alpha value is -4.70. The molecule has 4 aromatic carbocycles. The molecule has 4 rings (SSSR count). The number of halogens is 1. The highest BCUT2D eigenvalue weighted by Crippen LogP contribution is 2.27. The van der Waals surface area contributed by atoms with E-state index in [1.54, 1.807) is 36.4 Å². The summed E-state index contributed by atoms with van der Waals surface area (Å²) in [5, 5.41) is 2.64. The van der Waals surface area contributed by atoms with E-state index in [1.807, 2.05) is 44.2 Å². The molecule has 0 saturated heterocycles. The van der Waals surface area contributed by atoms with E-state index in [0.29, 0.717) is 23.6 Å². The topological polar surface area (TPSA) is 96.0 Å². The van der Waals surface area contributed by atoms with Gasteiger partial charge in [-0.1, -0.05) is 60.2 Å². The van der Waals surface area contributed by atoms with Crippen molar-refractivity contribution in [2.45, 2.75) is 37.8 Å². The van der Waals surface area contributed by atoms with Crippen molar-refractivity contribution in [1.82, 2.24) is 10.2 Å². The third-order valence-corrected chi connectivity index (χ3v) is 8.90. The molecule has 0 fully saturated rings. The maximum atomic E-state index is 14.3. The lowest BCUT2D eigenvalue weighted by Crippen LogP contribution is -2.53. The Morgan fingerprint density at radius 1 is 0.864 bits per heavy atom.